The van der Waals surface area contributed by atoms with E-state index in [1.807, 2.05) is 23.9 Å². The number of carbonyl (C=O) groups excluding carboxylic acids is 1. The predicted molar refractivity (Wildman–Crippen MR) is 82.6 cm³/mol. The lowest BCUT2D eigenvalue weighted by Gasteiger charge is -2.17. The van der Waals surface area contributed by atoms with Crippen molar-refractivity contribution in [3.05, 3.63) is 41.5 Å². The number of nitrogens with two attached hydrogens (primary N) is 1. The van der Waals surface area contributed by atoms with E-state index in [0.29, 0.717) is 17.8 Å². The van der Waals surface area contributed by atoms with E-state index in [0.717, 1.165) is 30.6 Å². The van der Waals surface area contributed by atoms with Crippen LogP contribution in [0.1, 0.15) is 41.5 Å². The van der Waals surface area contributed by atoms with E-state index in [1.165, 1.54) is 12.1 Å². The minimum absolute atomic E-state index is 0.0780. The van der Waals surface area contributed by atoms with E-state index >= 15 is 0 Å². The van der Waals surface area contributed by atoms with E-state index in [4.69, 9.17) is 5.73 Å². The van der Waals surface area contributed by atoms with Crippen molar-refractivity contribution < 1.29 is 4.79 Å². The molecule has 0 spiro atoms. The number of amides is 1. The maximum atomic E-state index is 12.3. The molecule has 0 atom stereocenters. The van der Waals surface area contributed by atoms with Gasteiger partial charge in [0.1, 0.15) is 0 Å². The molecule has 2 aromatic rings. The first-order valence-corrected chi connectivity index (χ1v) is 7.44. The van der Waals surface area contributed by atoms with Gasteiger partial charge in [0.2, 0.25) is 0 Å². The summed E-state index contributed by atoms with van der Waals surface area (Å²) in [6, 6.07) is 5.39. The van der Waals surface area contributed by atoms with Gasteiger partial charge in [0.05, 0.1) is 23.3 Å². The molecule has 3 N–H and O–H groups in total. The van der Waals surface area contributed by atoms with Gasteiger partial charge < -0.3 is 15.6 Å². The highest BCUT2D eigenvalue weighted by atomic mass is 16.1. The Kier molecular flexibility index (Phi) is 3.64. The molecule has 1 aromatic heterocycles. The minimum Gasteiger partial charge on any atom is -0.399 e. The van der Waals surface area contributed by atoms with E-state index in [-0.39, 0.29) is 5.91 Å². The second-order valence-corrected chi connectivity index (χ2v) is 5.35. The van der Waals surface area contributed by atoms with Gasteiger partial charge in [-0.15, -0.1) is 0 Å². The average molecular weight is 284 g/mol. The van der Waals surface area contributed by atoms with Crippen LogP contribution >= 0.6 is 0 Å². The third-order valence-corrected chi connectivity index (χ3v) is 3.89. The number of rotatable bonds is 3. The Morgan fingerprint density at radius 3 is 3.00 bits per heavy atom. The summed E-state index contributed by atoms with van der Waals surface area (Å²) in [7, 11) is 0. The summed E-state index contributed by atoms with van der Waals surface area (Å²) < 4.78 is 2.02. The maximum absolute atomic E-state index is 12.3. The fraction of sp³-hybridized carbons (Fsp3) is 0.375. The van der Waals surface area contributed by atoms with Crippen molar-refractivity contribution in [3.63, 3.8) is 0 Å². The molecule has 3 rings (SSSR count). The average Bonchev–Trinajstić information content (AvgIpc) is 2.91. The fourth-order valence-electron chi connectivity index (χ4n) is 2.87. The molecular formula is C16H20N4O. The van der Waals surface area contributed by atoms with Crippen molar-refractivity contribution >= 4 is 11.6 Å². The summed E-state index contributed by atoms with van der Waals surface area (Å²) in [5, 5.41) is 2.85. The normalized spacial score (nSPS) is 13.8. The van der Waals surface area contributed by atoms with Gasteiger partial charge in [-0.05, 0) is 50.8 Å². The minimum atomic E-state index is -0.0780. The van der Waals surface area contributed by atoms with E-state index < -0.39 is 0 Å². The highest BCUT2D eigenvalue weighted by molar-refractivity contribution is 5.98. The van der Waals surface area contributed by atoms with Crippen LogP contribution in [0.3, 0.4) is 0 Å². The molecule has 5 heteroatoms. The standard InChI is InChI=1S/C16H20N4O/c1-2-18-16(21)12-8-7-11(17)9-15(12)20-10-19-13-5-3-4-6-14(13)20/h7-10H,2-6,17H2,1H3,(H,18,21). The summed E-state index contributed by atoms with van der Waals surface area (Å²) in [6.45, 7) is 2.51. The SMILES string of the molecule is CCNC(=O)c1ccc(N)cc1-n1cnc2c1CCCC2. The molecule has 0 fully saturated rings. The van der Waals surface area contributed by atoms with Gasteiger partial charge in [-0.1, -0.05) is 0 Å². The Hall–Kier alpha value is -2.30. The molecule has 0 saturated heterocycles. The van der Waals surface area contributed by atoms with Crippen LogP contribution in [0.25, 0.3) is 5.69 Å². The molecule has 1 heterocycles. The van der Waals surface area contributed by atoms with Crippen molar-refractivity contribution in [1.82, 2.24) is 14.9 Å². The zero-order valence-electron chi connectivity index (χ0n) is 12.2. The third kappa shape index (κ3) is 2.51. The lowest BCUT2D eigenvalue weighted by molar-refractivity contribution is 0.0956. The molecule has 0 aliphatic heterocycles. The van der Waals surface area contributed by atoms with E-state index in [1.54, 1.807) is 12.1 Å². The lowest BCUT2D eigenvalue weighted by Crippen LogP contribution is -2.24. The number of hydrogen-bond acceptors (Lipinski definition) is 3. The quantitative estimate of drug-likeness (QED) is 0.848. The smallest absolute Gasteiger partial charge is 0.253 e. The van der Waals surface area contributed by atoms with Gasteiger partial charge >= 0.3 is 0 Å². The molecule has 0 bridgehead atoms. The highest BCUT2D eigenvalue weighted by Gasteiger charge is 2.19. The molecule has 1 aromatic carbocycles. The Labute approximate surface area is 124 Å². The largest absolute Gasteiger partial charge is 0.399 e. The van der Waals surface area contributed by atoms with Gasteiger partial charge in [-0.2, -0.15) is 0 Å². The molecule has 21 heavy (non-hydrogen) atoms. The van der Waals surface area contributed by atoms with Crippen molar-refractivity contribution in [1.29, 1.82) is 0 Å². The number of benzene rings is 1. The zero-order chi connectivity index (χ0) is 14.8. The van der Waals surface area contributed by atoms with Crippen molar-refractivity contribution in [2.45, 2.75) is 32.6 Å². The number of imidazole rings is 1. The summed E-state index contributed by atoms with van der Waals surface area (Å²) >= 11 is 0. The third-order valence-electron chi connectivity index (χ3n) is 3.89. The Morgan fingerprint density at radius 2 is 2.19 bits per heavy atom. The molecule has 0 radical (unpaired) electrons. The first-order chi connectivity index (χ1) is 10.2. The fourth-order valence-corrected chi connectivity index (χ4v) is 2.87. The van der Waals surface area contributed by atoms with Gasteiger partial charge in [0.15, 0.2) is 0 Å². The van der Waals surface area contributed by atoms with E-state index in [2.05, 4.69) is 10.3 Å². The van der Waals surface area contributed by atoms with Gasteiger partial charge in [-0.25, -0.2) is 4.98 Å². The van der Waals surface area contributed by atoms with Crippen molar-refractivity contribution in [2.75, 3.05) is 12.3 Å². The number of nitrogens with one attached hydrogen (secondary N) is 1. The molecule has 1 aliphatic rings. The van der Waals surface area contributed by atoms with Crippen molar-refractivity contribution in [3.8, 4) is 5.69 Å². The first-order valence-electron chi connectivity index (χ1n) is 7.44. The number of carbonyl (C=O) groups is 1. The van der Waals surface area contributed by atoms with Gasteiger partial charge in [0.25, 0.3) is 5.91 Å². The van der Waals surface area contributed by atoms with Crippen LogP contribution in [0.5, 0.6) is 0 Å². The van der Waals surface area contributed by atoms with Crippen LogP contribution in [0.15, 0.2) is 24.5 Å². The summed E-state index contributed by atoms with van der Waals surface area (Å²) in [6.07, 6.45) is 6.18. The van der Waals surface area contributed by atoms with Crippen molar-refractivity contribution in [2.24, 2.45) is 0 Å². The molecule has 0 unspecified atom stereocenters. The van der Waals surface area contributed by atoms with Crippen LogP contribution < -0.4 is 11.1 Å². The van der Waals surface area contributed by atoms with Crippen LogP contribution in [0.4, 0.5) is 5.69 Å². The van der Waals surface area contributed by atoms with Crippen LogP contribution in [-0.4, -0.2) is 22.0 Å². The predicted octanol–water partition coefficient (Wildman–Crippen LogP) is 2.08. The highest BCUT2D eigenvalue weighted by Crippen LogP contribution is 2.26. The number of aromatic nitrogens is 2. The van der Waals surface area contributed by atoms with Gasteiger partial charge in [-0.3, -0.25) is 4.79 Å². The van der Waals surface area contributed by atoms with Crippen LogP contribution in [0.2, 0.25) is 0 Å². The number of hydrogen-bond donors (Lipinski definition) is 2. The first kappa shape index (κ1) is 13.7. The Balaban J connectivity index is 2.11. The monoisotopic (exact) mass is 284 g/mol. The topological polar surface area (TPSA) is 72.9 Å². The van der Waals surface area contributed by atoms with E-state index in [9.17, 15) is 4.79 Å². The lowest BCUT2D eigenvalue weighted by atomic mass is 10.0. The second-order valence-electron chi connectivity index (χ2n) is 5.35. The molecule has 5 nitrogen and oxygen atoms in total. The summed E-state index contributed by atoms with van der Waals surface area (Å²) in [5.74, 6) is -0.0780. The Morgan fingerprint density at radius 1 is 1.38 bits per heavy atom. The maximum Gasteiger partial charge on any atom is 0.253 e. The number of anilines is 1. The molecule has 1 aliphatic carbocycles. The van der Waals surface area contributed by atoms with Crippen LogP contribution in [-0.2, 0) is 12.8 Å². The zero-order valence-corrected chi connectivity index (χ0v) is 12.2. The number of nitrogen functional groups attached to an aromatic ring is 1. The Bertz CT molecular complexity index is 675. The second kappa shape index (κ2) is 5.60. The molecular weight excluding hydrogens is 264 g/mol. The summed E-state index contributed by atoms with van der Waals surface area (Å²) in [4.78, 5) is 16.8. The number of nitrogens with zero attached hydrogens (tertiary/aromatic N) is 2. The van der Waals surface area contributed by atoms with Crippen LogP contribution in [0, 0.1) is 0 Å². The number of aryl methyl sites for hydroxylation is 1. The summed E-state index contributed by atoms with van der Waals surface area (Å²) in [5.41, 5.74) is 10.4. The molecule has 1 amide bonds. The number of fused-ring (bicyclic) bond motifs is 1. The molecule has 0 saturated carbocycles. The molecule has 110 valence electrons. The van der Waals surface area contributed by atoms with Gasteiger partial charge in [0, 0.05) is 17.9 Å².